The van der Waals surface area contributed by atoms with Gasteiger partial charge in [-0.3, -0.25) is 0 Å². The summed E-state index contributed by atoms with van der Waals surface area (Å²) >= 11 is 3.98. The van der Waals surface area contributed by atoms with Crippen molar-refractivity contribution in [2.45, 2.75) is 30.0 Å². The average molecular weight is 552 g/mol. The van der Waals surface area contributed by atoms with Crippen LogP contribution in [0, 0.1) is 15.2 Å². The standard InChI is InChI=1S/C24H23F2IN2OS/c25-18-8-17(9-19(26)12-18)11-22(29-15-31-24-7-2-1-6-21(24)29)23(30)14-28-13-16-4-3-5-20(27)10-16/h1-10,12,22-23,28,30H,11,13-15H2/t22-,23+/m0/s1. The Bertz CT molecular complexity index is 1030. The van der Waals surface area contributed by atoms with E-state index < -0.39 is 17.7 Å². The maximum absolute atomic E-state index is 13.8. The molecule has 0 spiro atoms. The zero-order chi connectivity index (χ0) is 21.8. The van der Waals surface area contributed by atoms with Crippen molar-refractivity contribution in [1.29, 1.82) is 0 Å². The number of para-hydroxylation sites is 1. The van der Waals surface area contributed by atoms with E-state index >= 15 is 0 Å². The number of hydrogen-bond acceptors (Lipinski definition) is 4. The Labute approximate surface area is 199 Å². The normalized spacial score (nSPS) is 15.0. The lowest BCUT2D eigenvalue weighted by molar-refractivity contribution is 0.138. The van der Waals surface area contributed by atoms with Gasteiger partial charge in [-0.25, -0.2) is 8.78 Å². The molecule has 3 aromatic carbocycles. The Morgan fingerprint density at radius 2 is 1.77 bits per heavy atom. The number of fused-ring (bicyclic) bond motifs is 1. The van der Waals surface area contributed by atoms with Crippen molar-refractivity contribution in [3.8, 4) is 0 Å². The summed E-state index contributed by atoms with van der Waals surface area (Å²) in [7, 11) is 0. The first-order valence-corrected chi connectivity index (χ1v) is 12.1. The van der Waals surface area contributed by atoms with E-state index in [4.69, 9.17) is 0 Å². The second kappa shape index (κ2) is 10.3. The van der Waals surface area contributed by atoms with E-state index in [2.05, 4.69) is 44.9 Å². The van der Waals surface area contributed by atoms with E-state index in [0.717, 1.165) is 25.8 Å². The summed E-state index contributed by atoms with van der Waals surface area (Å²) in [6, 6.07) is 19.5. The first-order valence-electron chi connectivity index (χ1n) is 10.1. The molecule has 3 nitrogen and oxygen atoms in total. The Morgan fingerprint density at radius 1 is 1.00 bits per heavy atom. The minimum atomic E-state index is -0.721. The minimum Gasteiger partial charge on any atom is -0.390 e. The maximum Gasteiger partial charge on any atom is 0.126 e. The number of halogens is 3. The molecule has 2 atom stereocenters. The average Bonchev–Trinajstić information content (AvgIpc) is 3.15. The lowest BCUT2D eigenvalue weighted by Gasteiger charge is -2.34. The molecule has 1 aliphatic rings. The van der Waals surface area contributed by atoms with Crippen LogP contribution in [0.5, 0.6) is 0 Å². The lowest BCUT2D eigenvalue weighted by atomic mass is 9.98. The summed E-state index contributed by atoms with van der Waals surface area (Å²) in [5.74, 6) is -0.511. The van der Waals surface area contributed by atoms with Gasteiger partial charge in [-0.1, -0.05) is 24.3 Å². The number of hydrogen-bond donors (Lipinski definition) is 2. The molecule has 1 aliphatic heterocycles. The number of nitrogens with one attached hydrogen (secondary N) is 1. The molecule has 0 saturated heterocycles. The number of aliphatic hydroxyl groups excluding tert-OH is 1. The highest BCUT2D eigenvalue weighted by atomic mass is 127. The highest BCUT2D eigenvalue weighted by Gasteiger charge is 2.31. The minimum absolute atomic E-state index is 0.319. The monoisotopic (exact) mass is 552 g/mol. The molecule has 0 bridgehead atoms. The van der Waals surface area contributed by atoms with Crippen LogP contribution < -0.4 is 10.2 Å². The van der Waals surface area contributed by atoms with Gasteiger partial charge in [0.25, 0.3) is 0 Å². The maximum atomic E-state index is 13.8. The van der Waals surface area contributed by atoms with Gasteiger partial charge in [-0.2, -0.15) is 0 Å². The summed E-state index contributed by atoms with van der Waals surface area (Å²) in [5, 5.41) is 14.5. The molecule has 0 fully saturated rings. The van der Waals surface area contributed by atoms with Gasteiger partial charge in [0.2, 0.25) is 0 Å². The summed E-state index contributed by atoms with van der Waals surface area (Å²) in [5.41, 5.74) is 2.73. The van der Waals surface area contributed by atoms with E-state index in [9.17, 15) is 13.9 Å². The fourth-order valence-corrected chi connectivity index (χ4v) is 5.60. The van der Waals surface area contributed by atoms with Crippen molar-refractivity contribution >= 4 is 40.0 Å². The van der Waals surface area contributed by atoms with Crippen LogP contribution in [0.15, 0.2) is 71.6 Å². The summed E-state index contributed by atoms with van der Waals surface area (Å²) in [4.78, 5) is 3.29. The number of benzene rings is 3. The summed E-state index contributed by atoms with van der Waals surface area (Å²) < 4.78 is 28.7. The van der Waals surface area contributed by atoms with E-state index in [0.29, 0.717) is 31.0 Å². The Balaban J connectivity index is 1.51. The van der Waals surface area contributed by atoms with Crippen LogP contribution in [0.1, 0.15) is 11.1 Å². The quantitative estimate of drug-likeness (QED) is 0.377. The van der Waals surface area contributed by atoms with E-state index in [1.165, 1.54) is 12.1 Å². The molecule has 0 aliphatic carbocycles. The largest absolute Gasteiger partial charge is 0.390 e. The van der Waals surface area contributed by atoms with Gasteiger partial charge in [0, 0.05) is 27.6 Å². The fraction of sp³-hybridized carbons (Fsp3) is 0.250. The van der Waals surface area contributed by atoms with Gasteiger partial charge in [0.15, 0.2) is 0 Å². The summed E-state index contributed by atoms with van der Waals surface area (Å²) in [6.07, 6.45) is -0.379. The Kier molecular flexibility index (Phi) is 7.47. The lowest BCUT2D eigenvalue weighted by Crippen LogP contribution is -2.48. The van der Waals surface area contributed by atoms with Crippen molar-refractivity contribution in [2.24, 2.45) is 0 Å². The van der Waals surface area contributed by atoms with Crippen LogP contribution in [0.2, 0.25) is 0 Å². The van der Waals surface area contributed by atoms with Crippen LogP contribution >= 0.6 is 34.4 Å². The molecule has 7 heteroatoms. The van der Waals surface area contributed by atoms with E-state index in [1.807, 2.05) is 36.4 Å². The number of nitrogens with zero attached hydrogens (tertiary/aromatic N) is 1. The SMILES string of the molecule is O[C@H](CNCc1cccc(I)c1)[C@H](Cc1cc(F)cc(F)c1)N1CSc2ccccc21. The molecule has 0 radical (unpaired) electrons. The molecule has 31 heavy (non-hydrogen) atoms. The number of thioether (sulfide) groups is 1. The summed E-state index contributed by atoms with van der Waals surface area (Å²) in [6.45, 7) is 1.01. The van der Waals surface area contributed by atoms with Crippen LogP contribution in [0.3, 0.4) is 0 Å². The van der Waals surface area contributed by atoms with Crippen molar-refractivity contribution in [3.63, 3.8) is 0 Å². The molecule has 2 N–H and O–H groups in total. The highest BCUT2D eigenvalue weighted by molar-refractivity contribution is 14.1. The van der Waals surface area contributed by atoms with Gasteiger partial charge in [0.05, 0.1) is 23.7 Å². The molecule has 3 aromatic rings. The van der Waals surface area contributed by atoms with Crippen molar-refractivity contribution < 1.29 is 13.9 Å². The zero-order valence-electron chi connectivity index (χ0n) is 16.8. The van der Waals surface area contributed by atoms with Gasteiger partial charge in [-0.15, -0.1) is 11.8 Å². The van der Waals surface area contributed by atoms with Crippen LogP contribution in [-0.2, 0) is 13.0 Å². The molecule has 0 amide bonds. The third kappa shape index (κ3) is 5.77. The smallest absolute Gasteiger partial charge is 0.126 e. The third-order valence-electron chi connectivity index (χ3n) is 5.32. The van der Waals surface area contributed by atoms with Gasteiger partial charge in [0.1, 0.15) is 11.6 Å². The second-order valence-corrected chi connectivity index (χ2v) is 9.82. The topological polar surface area (TPSA) is 35.5 Å². The molecule has 0 saturated carbocycles. The Morgan fingerprint density at radius 3 is 2.55 bits per heavy atom. The molecule has 162 valence electrons. The fourth-order valence-electron chi connectivity index (χ4n) is 3.87. The van der Waals surface area contributed by atoms with Gasteiger partial charge >= 0.3 is 0 Å². The Hall–Kier alpha value is -1.68. The molecule has 1 heterocycles. The predicted octanol–water partition coefficient (Wildman–Crippen LogP) is 5.20. The van der Waals surface area contributed by atoms with Crippen molar-refractivity contribution in [3.05, 3.63) is 93.1 Å². The molecule has 0 unspecified atom stereocenters. The van der Waals surface area contributed by atoms with Crippen LogP contribution in [-0.4, -0.2) is 29.7 Å². The van der Waals surface area contributed by atoms with Crippen LogP contribution in [0.25, 0.3) is 0 Å². The predicted molar refractivity (Wildman–Crippen MR) is 130 cm³/mol. The van der Waals surface area contributed by atoms with E-state index in [1.54, 1.807) is 11.8 Å². The first kappa shape index (κ1) is 22.5. The van der Waals surface area contributed by atoms with Crippen molar-refractivity contribution in [1.82, 2.24) is 5.32 Å². The number of rotatable bonds is 8. The molecule has 0 aromatic heterocycles. The zero-order valence-corrected chi connectivity index (χ0v) is 19.7. The number of aliphatic hydroxyl groups is 1. The molecular weight excluding hydrogens is 529 g/mol. The van der Waals surface area contributed by atoms with Crippen LogP contribution in [0.4, 0.5) is 14.5 Å². The van der Waals surface area contributed by atoms with E-state index in [-0.39, 0.29) is 6.04 Å². The first-order chi connectivity index (χ1) is 15.0. The second-order valence-electron chi connectivity index (χ2n) is 7.59. The highest BCUT2D eigenvalue weighted by Crippen LogP contribution is 2.40. The number of anilines is 1. The molecule has 4 rings (SSSR count). The van der Waals surface area contributed by atoms with Crippen molar-refractivity contribution in [2.75, 3.05) is 17.3 Å². The van der Waals surface area contributed by atoms with Gasteiger partial charge in [-0.05, 0) is 76.5 Å². The third-order valence-corrected chi connectivity index (χ3v) is 7.05. The molecular formula is C24H23F2IN2OS. The van der Waals surface area contributed by atoms with Gasteiger partial charge < -0.3 is 15.3 Å².